The van der Waals surface area contributed by atoms with Crippen LogP contribution in [0.15, 0.2) is 5.57 Å². The molecule has 1 heterocycles. The second-order valence-electron chi connectivity index (χ2n) is 11.0. The zero-order valence-corrected chi connectivity index (χ0v) is 23.1. The summed E-state index contributed by atoms with van der Waals surface area (Å²) in [4.78, 5) is 2.66. The lowest BCUT2D eigenvalue weighted by Crippen LogP contribution is -2.33. The Bertz CT molecular complexity index is 1160. The lowest BCUT2D eigenvalue weighted by Gasteiger charge is -2.43. The first-order valence-corrected chi connectivity index (χ1v) is 13.2. The van der Waals surface area contributed by atoms with Crippen LogP contribution in [0.4, 0.5) is 5.69 Å². The van der Waals surface area contributed by atoms with Gasteiger partial charge in [0, 0.05) is 18.3 Å². The molecule has 1 fully saturated rings. The Balaban J connectivity index is 2.03. The Morgan fingerprint density at radius 3 is 1.82 bits per heavy atom. The Morgan fingerprint density at radius 2 is 1.27 bits per heavy atom. The molecule has 4 rings (SSSR count). The third-order valence-corrected chi connectivity index (χ3v) is 9.40. The fourth-order valence-electron chi connectivity index (χ4n) is 6.95. The summed E-state index contributed by atoms with van der Waals surface area (Å²) in [5.41, 5.74) is 21.4. The predicted molar refractivity (Wildman–Crippen MR) is 146 cm³/mol. The first-order chi connectivity index (χ1) is 15.6. The molecule has 2 aromatic rings. The average molecular weight is 444 g/mol. The molecule has 1 atom stereocenters. The predicted octanol–water partition coefficient (Wildman–Crippen LogP) is 8.74. The van der Waals surface area contributed by atoms with E-state index in [1.807, 2.05) is 0 Å². The van der Waals surface area contributed by atoms with Crippen LogP contribution in [0.5, 0.6) is 0 Å². The molecule has 0 spiro atoms. The Kier molecular flexibility index (Phi) is 6.31. The van der Waals surface area contributed by atoms with Gasteiger partial charge in [-0.3, -0.25) is 0 Å². The van der Waals surface area contributed by atoms with Gasteiger partial charge in [-0.25, -0.2) is 0 Å². The van der Waals surface area contributed by atoms with Crippen molar-refractivity contribution in [2.75, 3.05) is 11.9 Å². The molecule has 1 nitrogen and oxygen atoms in total. The van der Waals surface area contributed by atoms with E-state index in [0.29, 0.717) is 6.04 Å². The number of hydrogen-bond donors (Lipinski definition) is 0. The Morgan fingerprint density at radius 1 is 0.667 bits per heavy atom. The average Bonchev–Trinajstić information content (AvgIpc) is 3.60. The summed E-state index contributed by atoms with van der Waals surface area (Å²) >= 11 is 0. The van der Waals surface area contributed by atoms with Crippen molar-refractivity contribution >= 4 is 11.3 Å². The minimum absolute atomic E-state index is 0.321. The van der Waals surface area contributed by atoms with Gasteiger partial charge in [0.05, 0.1) is 6.04 Å². The second kappa shape index (κ2) is 8.64. The normalized spacial score (nSPS) is 18.3. The van der Waals surface area contributed by atoms with Gasteiger partial charge in [-0.2, -0.15) is 0 Å². The summed E-state index contributed by atoms with van der Waals surface area (Å²) in [5.74, 6) is 0.906. The topological polar surface area (TPSA) is 3.24 Å². The minimum Gasteiger partial charge on any atom is -0.363 e. The van der Waals surface area contributed by atoms with Crippen molar-refractivity contribution in [2.24, 2.45) is 5.92 Å². The molecule has 0 amide bonds. The van der Waals surface area contributed by atoms with Crippen molar-refractivity contribution in [1.29, 1.82) is 0 Å². The number of benzene rings is 2. The highest BCUT2D eigenvalue weighted by Gasteiger charge is 2.36. The molecular weight excluding hydrogens is 398 g/mol. The molecule has 0 radical (unpaired) electrons. The lowest BCUT2D eigenvalue weighted by molar-refractivity contribution is 0.707. The molecule has 1 aliphatic carbocycles. The van der Waals surface area contributed by atoms with Crippen LogP contribution in [0, 0.1) is 54.4 Å². The highest BCUT2D eigenvalue weighted by Crippen LogP contribution is 2.51. The van der Waals surface area contributed by atoms with Crippen molar-refractivity contribution in [3.63, 3.8) is 0 Å². The number of hydrogen-bond acceptors (Lipinski definition) is 1. The van der Waals surface area contributed by atoms with Crippen LogP contribution in [0.3, 0.4) is 0 Å². The standard InChI is InChI=1S/C32H45N/c1-12-26-18(4)17(3)20(6)30(22(26)8)32-27(13-2)23(9)29-21(7)19(5)28(16-25-14-15-25)24(10)31(29)33(32)11/h25,32H,12-16H2,1-11H3. The maximum absolute atomic E-state index is 2.66. The number of nitrogens with zero attached hydrogens (tertiary/aromatic N) is 1. The van der Waals surface area contributed by atoms with Crippen LogP contribution < -0.4 is 4.90 Å². The molecule has 0 N–H and O–H groups in total. The fraction of sp³-hybridized carbons (Fsp3) is 0.562. The van der Waals surface area contributed by atoms with Gasteiger partial charge in [0.25, 0.3) is 0 Å². The molecule has 1 saturated carbocycles. The quantitative estimate of drug-likeness (QED) is 0.446. The molecule has 0 bridgehead atoms. The molecular formula is C32H45N. The monoisotopic (exact) mass is 443 g/mol. The molecule has 0 aromatic heterocycles. The van der Waals surface area contributed by atoms with E-state index in [2.05, 4.69) is 81.2 Å². The smallest absolute Gasteiger partial charge is 0.0763 e. The van der Waals surface area contributed by atoms with Gasteiger partial charge < -0.3 is 4.90 Å². The van der Waals surface area contributed by atoms with Crippen LogP contribution in [-0.4, -0.2) is 7.05 Å². The Hall–Kier alpha value is -2.02. The van der Waals surface area contributed by atoms with Gasteiger partial charge in [0.1, 0.15) is 0 Å². The molecule has 2 aromatic carbocycles. The Labute approximate surface area is 203 Å². The molecule has 178 valence electrons. The molecule has 0 saturated heterocycles. The number of rotatable bonds is 5. The number of anilines is 1. The SMILES string of the molecule is CCC1=C(C)c2c(C)c(C)c(CC3CC3)c(C)c2N(C)C1c1c(C)c(C)c(C)c(CC)c1C. The van der Waals surface area contributed by atoms with E-state index in [-0.39, 0.29) is 0 Å². The summed E-state index contributed by atoms with van der Waals surface area (Å²) in [7, 11) is 2.37. The lowest BCUT2D eigenvalue weighted by atomic mass is 9.75. The van der Waals surface area contributed by atoms with Gasteiger partial charge in [-0.05, 0) is 160 Å². The highest BCUT2D eigenvalue weighted by molar-refractivity contribution is 5.88. The van der Waals surface area contributed by atoms with Crippen molar-refractivity contribution < 1.29 is 0 Å². The van der Waals surface area contributed by atoms with E-state index in [1.54, 1.807) is 22.3 Å². The van der Waals surface area contributed by atoms with Crippen LogP contribution in [0.25, 0.3) is 5.57 Å². The first kappa shape index (κ1) is 24.1. The maximum Gasteiger partial charge on any atom is 0.0763 e. The van der Waals surface area contributed by atoms with E-state index in [0.717, 1.165) is 18.8 Å². The van der Waals surface area contributed by atoms with Crippen LogP contribution in [0.1, 0.15) is 107 Å². The number of allylic oxidation sites excluding steroid dienone is 1. The zero-order chi connectivity index (χ0) is 24.4. The van der Waals surface area contributed by atoms with Gasteiger partial charge in [0.2, 0.25) is 0 Å². The largest absolute Gasteiger partial charge is 0.363 e. The maximum atomic E-state index is 2.66. The summed E-state index contributed by atoms with van der Waals surface area (Å²) in [6.45, 7) is 23.6. The van der Waals surface area contributed by atoms with Gasteiger partial charge in [0.15, 0.2) is 0 Å². The van der Waals surface area contributed by atoms with Gasteiger partial charge in [-0.15, -0.1) is 0 Å². The summed E-state index contributed by atoms with van der Waals surface area (Å²) in [6, 6.07) is 0.321. The first-order valence-electron chi connectivity index (χ1n) is 13.2. The van der Waals surface area contributed by atoms with Crippen molar-refractivity contribution in [3.05, 3.63) is 66.8 Å². The molecule has 1 unspecified atom stereocenters. The van der Waals surface area contributed by atoms with Crippen LogP contribution >= 0.6 is 0 Å². The van der Waals surface area contributed by atoms with E-state index in [1.165, 1.54) is 75.0 Å². The summed E-state index contributed by atoms with van der Waals surface area (Å²) in [6.07, 6.45) is 6.27. The van der Waals surface area contributed by atoms with Crippen molar-refractivity contribution in [1.82, 2.24) is 0 Å². The summed E-state index contributed by atoms with van der Waals surface area (Å²) in [5, 5.41) is 0. The van der Waals surface area contributed by atoms with Crippen molar-refractivity contribution in [2.45, 2.75) is 107 Å². The minimum atomic E-state index is 0.321. The third-order valence-electron chi connectivity index (χ3n) is 9.40. The van der Waals surface area contributed by atoms with Crippen LogP contribution in [-0.2, 0) is 12.8 Å². The third kappa shape index (κ3) is 3.58. The zero-order valence-electron chi connectivity index (χ0n) is 23.1. The van der Waals surface area contributed by atoms with Crippen LogP contribution in [0.2, 0.25) is 0 Å². The number of likely N-dealkylation sites (N-methyl/N-ethyl adjacent to an activating group) is 1. The van der Waals surface area contributed by atoms with E-state index >= 15 is 0 Å². The summed E-state index contributed by atoms with van der Waals surface area (Å²) < 4.78 is 0. The van der Waals surface area contributed by atoms with E-state index in [4.69, 9.17) is 0 Å². The molecule has 1 heteroatoms. The fourth-order valence-corrected chi connectivity index (χ4v) is 6.95. The van der Waals surface area contributed by atoms with Gasteiger partial charge >= 0.3 is 0 Å². The van der Waals surface area contributed by atoms with Gasteiger partial charge in [-0.1, -0.05) is 13.8 Å². The van der Waals surface area contributed by atoms with E-state index in [9.17, 15) is 0 Å². The number of fused-ring (bicyclic) bond motifs is 1. The molecule has 1 aliphatic heterocycles. The molecule has 2 aliphatic rings. The highest BCUT2D eigenvalue weighted by atomic mass is 15.1. The van der Waals surface area contributed by atoms with Crippen molar-refractivity contribution in [3.8, 4) is 0 Å². The second-order valence-corrected chi connectivity index (χ2v) is 11.0. The van der Waals surface area contributed by atoms with E-state index < -0.39 is 0 Å². The molecule has 33 heavy (non-hydrogen) atoms.